The minimum absolute atomic E-state index is 0.0296. The molecular formula is C31H32N2O9. The fourth-order valence-electron chi connectivity index (χ4n) is 7.12. The summed E-state index contributed by atoms with van der Waals surface area (Å²) in [5.41, 5.74) is 5.27. The van der Waals surface area contributed by atoms with E-state index in [1.54, 1.807) is 6.07 Å². The van der Waals surface area contributed by atoms with Crippen LogP contribution in [0, 0.1) is 23.7 Å². The van der Waals surface area contributed by atoms with E-state index < -0.39 is 64.4 Å². The Hall–Kier alpha value is -4.22. The number of ketones is 4. The summed E-state index contributed by atoms with van der Waals surface area (Å²) in [4.78, 5) is 79.8. The van der Waals surface area contributed by atoms with Gasteiger partial charge in [-0.2, -0.15) is 0 Å². The van der Waals surface area contributed by atoms with Crippen LogP contribution < -0.4 is 5.73 Å². The van der Waals surface area contributed by atoms with E-state index in [0.29, 0.717) is 17.5 Å². The summed E-state index contributed by atoms with van der Waals surface area (Å²) in [5, 5.41) is 22.5. The molecule has 220 valence electrons. The van der Waals surface area contributed by atoms with E-state index >= 15 is 0 Å². The molecule has 0 aromatic heterocycles. The highest BCUT2D eigenvalue weighted by atomic mass is 16.5. The molecule has 0 spiro atoms. The van der Waals surface area contributed by atoms with Crippen LogP contribution in [0.2, 0.25) is 0 Å². The number of carbonyl (C=O) groups is 6. The van der Waals surface area contributed by atoms with Crippen molar-refractivity contribution in [1.82, 2.24) is 4.90 Å². The number of ether oxygens (including phenoxy) is 1. The van der Waals surface area contributed by atoms with Crippen LogP contribution in [-0.4, -0.2) is 83.0 Å². The number of hydrogen-bond acceptors (Lipinski definition) is 10. The van der Waals surface area contributed by atoms with E-state index in [1.165, 1.54) is 32.2 Å². The van der Waals surface area contributed by atoms with Gasteiger partial charge in [-0.05, 0) is 67.6 Å². The maximum Gasteiger partial charge on any atom is 0.305 e. The first kappa shape index (κ1) is 29.3. The topological polar surface area (TPSA) is 181 Å². The number of Topliss-reactive ketones (excluding diaryl/α,β-unsaturated/α-hetero) is 4. The van der Waals surface area contributed by atoms with Crippen LogP contribution in [0.25, 0.3) is 11.1 Å². The maximum absolute atomic E-state index is 14.0. The second-order valence-corrected chi connectivity index (χ2v) is 11.6. The average Bonchev–Trinajstić information content (AvgIpc) is 2.93. The number of nitrogens with zero attached hydrogens (tertiary/aromatic N) is 1. The van der Waals surface area contributed by atoms with E-state index in [9.17, 15) is 39.0 Å². The lowest BCUT2D eigenvalue weighted by Gasteiger charge is -2.52. The molecule has 2 unspecified atom stereocenters. The highest BCUT2D eigenvalue weighted by molar-refractivity contribution is 6.32. The maximum atomic E-state index is 14.0. The van der Waals surface area contributed by atoms with Crippen LogP contribution in [0.1, 0.15) is 34.3 Å². The lowest BCUT2D eigenvalue weighted by Crippen LogP contribution is -2.74. The van der Waals surface area contributed by atoms with Gasteiger partial charge in [0, 0.05) is 12.3 Å². The number of hydrogen-bond donors (Lipinski definition) is 3. The van der Waals surface area contributed by atoms with Crippen molar-refractivity contribution in [1.29, 1.82) is 0 Å². The Morgan fingerprint density at radius 2 is 1.81 bits per heavy atom. The third-order valence-electron chi connectivity index (χ3n) is 9.03. The van der Waals surface area contributed by atoms with Crippen molar-refractivity contribution < 1.29 is 43.7 Å². The zero-order chi connectivity index (χ0) is 30.7. The predicted octanol–water partition coefficient (Wildman–Crippen LogP) is 0.640. The number of likely N-dealkylation sites (N-methyl/N-ethyl adjacent to an activating group) is 1. The van der Waals surface area contributed by atoms with Gasteiger partial charge in [-0.3, -0.25) is 33.7 Å². The summed E-state index contributed by atoms with van der Waals surface area (Å²) in [6.45, 7) is 0. The number of esters is 1. The van der Waals surface area contributed by atoms with Crippen molar-refractivity contribution in [2.75, 3.05) is 21.2 Å². The minimum Gasteiger partial charge on any atom is -0.507 e. The number of benzene rings is 2. The molecule has 2 aromatic rings. The second kappa shape index (κ2) is 10.6. The largest absolute Gasteiger partial charge is 0.507 e. The summed E-state index contributed by atoms with van der Waals surface area (Å²) in [5.74, 6) is -11.2. The summed E-state index contributed by atoms with van der Waals surface area (Å²) in [7, 11) is 4.40. The zero-order valence-corrected chi connectivity index (χ0v) is 23.5. The lowest BCUT2D eigenvalue weighted by atomic mass is 9.52. The molecule has 6 atom stereocenters. The van der Waals surface area contributed by atoms with Crippen molar-refractivity contribution in [2.45, 2.75) is 37.3 Å². The summed E-state index contributed by atoms with van der Waals surface area (Å²) in [6, 6.07) is 9.25. The van der Waals surface area contributed by atoms with Crippen LogP contribution in [0.15, 0.2) is 36.4 Å². The quantitative estimate of drug-likeness (QED) is 0.326. The van der Waals surface area contributed by atoms with Gasteiger partial charge in [0.1, 0.15) is 5.75 Å². The van der Waals surface area contributed by atoms with Crippen molar-refractivity contribution in [3.05, 3.63) is 53.1 Å². The molecule has 2 fully saturated rings. The Balaban J connectivity index is 1.59. The molecule has 42 heavy (non-hydrogen) atoms. The van der Waals surface area contributed by atoms with E-state index in [-0.39, 0.29) is 36.5 Å². The second-order valence-electron chi connectivity index (χ2n) is 11.6. The fourth-order valence-corrected chi connectivity index (χ4v) is 7.12. The Morgan fingerprint density at radius 3 is 2.45 bits per heavy atom. The minimum atomic E-state index is -2.77. The normalized spacial score (nSPS) is 28.6. The standard InChI is InChI=1S/C31H32N2O9/c1-33(2)25-19-13-16-12-18-17(15-6-4-5-14(11-15)7-10-21(35)42-3)8-9-20(34)23(18)26(36)22(16)28(38)31(19,41)29(39)24(27(25)37)30(32)40/h4-6,8-9,11,16,19,22,24-25,34,41H,7,10,12-13H2,1-3H3,(H2,32,40)/t16-,19-,22?,24?,25-,31-/m0/s1. The number of fused-ring (bicyclic) bond motifs is 3. The van der Waals surface area contributed by atoms with Gasteiger partial charge >= 0.3 is 5.97 Å². The number of methoxy groups -OCH3 is 1. The van der Waals surface area contributed by atoms with Gasteiger partial charge in [-0.15, -0.1) is 0 Å². The molecule has 2 aromatic carbocycles. The summed E-state index contributed by atoms with van der Waals surface area (Å²) < 4.78 is 4.73. The molecule has 0 radical (unpaired) electrons. The first-order valence-electron chi connectivity index (χ1n) is 13.7. The third-order valence-corrected chi connectivity index (χ3v) is 9.03. The first-order valence-corrected chi connectivity index (χ1v) is 13.7. The van der Waals surface area contributed by atoms with Crippen molar-refractivity contribution in [3.63, 3.8) is 0 Å². The zero-order valence-electron chi connectivity index (χ0n) is 23.5. The molecule has 0 aliphatic heterocycles. The number of phenols is 1. The first-order chi connectivity index (χ1) is 19.8. The van der Waals surface area contributed by atoms with Gasteiger partial charge in [0.05, 0.1) is 24.6 Å². The molecule has 5 rings (SSSR count). The molecule has 11 heteroatoms. The highest BCUT2D eigenvalue weighted by Crippen LogP contribution is 2.51. The smallest absolute Gasteiger partial charge is 0.305 e. The highest BCUT2D eigenvalue weighted by Gasteiger charge is 2.69. The number of primary amides is 1. The predicted molar refractivity (Wildman–Crippen MR) is 147 cm³/mol. The van der Waals surface area contributed by atoms with Crippen molar-refractivity contribution in [2.24, 2.45) is 29.4 Å². The molecule has 0 bridgehead atoms. The van der Waals surface area contributed by atoms with Crippen LogP contribution in [-0.2, 0) is 41.6 Å². The molecule has 3 aliphatic rings. The van der Waals surface area contributed by atoms with Crippen LogP contribution >= 0.6 is 0 Å². The van der Waals surface area contributed by atoms with Gasteiger partial charge < -0.3 is 20.7 Å². The number of aromatic hydroxyl groups is 1. The summed E-state index contributed by atoms with van der Waals surface area (Å²) >= 11 is 0. The van der Waals surface area contributed by atoms with E-state index in [0.717, 1.165) is 11.1 Å². The molecular weight excluding hydrogens is 544 g/mol. The Morgan fingerprint density at radius 1 is 1.10 bits per heavy atom. The molecule has 0 saturated heterocycles. The number of phenolic OH excluding ortho intramolecular Hbond substituents is 1. The lowest BCUT2D eigenvalue weighted by molar-refractivity contribution is -0.181. The van der Waals surface area contributed by atoms with E-state index in [4.69, 9.17) is 10.5 Å². The number of carbonyl (C=O) groups excluding carboxylic acids is 6. The average molecular weight is 577 g/mol. The molecule has 3 aliphatic carbocycles. The van der Waals surface area contributed by atoms with Gasteiger partial charge in [0.2, 0.25) is 5.91 Å². The summed E-state index contributed by atoms with van der Waals surface area (Å²) in [6.07, 6.45) is 0.739. The van der Waals surface area contributed by atoms with Crippen LogP contribution in [0.5, 0.6) is 5.75 Å². The van der Waals surface area contributed by atoms with Crippen LogP contribution in [0.4, 0.5) is 0 Å². The molecule has 11 nitrogen and oxygen atoms in total. The van der Waals surface area contributed by atoms with Crippen molar-refractivity contribution in [3.8, 4) is 16.9 Å². The number of amides is 1. The Kier molecular flexibility index (Phi) is 7.36. The van der Waals surface area contributed by atoms with Gasteiger partial charge in [0.15, 0.2) is 34.7 Å². The van der Waals surface area contributed by atoms with Crippen LogP contribution in [0.3, 0.4) is 0 Å². The molecule has 2 saturated carbocycles. The SMILES string of the molecule is COC(=O)CCc1cccc(-c2ccc(O)c3c2C[C@H]2C[C@H]4[C@H](N(C)C)C(=O)C(C(N)=O)C(=O)[C@@]4(O)C(=O)C2C3=O)c1. The third kappa shape index (κ3) is 4.35. The van der Waals surface area contributed by atoms with Gasteiger partial charge in [-0.25, -0.2) is 0 Å². The van der Waals surface area contributed by atoms with Gasteiger partial charge in [0.25, 0.3) is 0 Å². The molecule has 4 N–H and O–H groups in total. The molecule has 1 amide bonds. The number of nitrogens with two attached hydrogens (primary N) is 1. The number of aliphatic hydroxyl groups is 1. The van der Waals surface area contributed by atoms with Crippen molar-refractivity contribution >= 4 is 35.0 Å². The van der Waals surface area contributed by atoms with E-state index in [1.807, 2.05) is 24.3 Å². The van der Waals surface area contributed by atoms with E-state index in [2.05, 4.69) is 0 Å². The Labute approximate surface area is 241 Å². The fraction of sp³-hybridized carbons (Fsp3) is 0.419. The Bertz CT molecular complexity index is 1550. The number of rotatable bonds is 6. The van der Waals surface area contributed by atoms with Gasteiger partial charge in [-0.1, -0.05) is 30.3 Å². The molecule has 0 heterocycles. The number of aryl methyl sites for hydroxylation is 1. The monoisotopic (exact) mass is 576 g/mol.